The molecule has 17 heavy (non-hydrogen) atoms. The Hall–Kier alpha value is -1.32. The zero-order valence-corrected chi connectivity index (χ0v) is 10.2. The molecule has 0 amide bonds. The van der Waals surface area contributed by atoms with Gasteiger partial charge in [0, 0.05) is 16.7 Å². The first-order chi connectivity index (χ1) is 8.25. The lowest BCUT2D eigenvalue weighted by Gasteiger charge is -2.11. The van der Waals surface area contributed by atoms with Crippen molar-refractivity contribution < 1.29 is 4.39 Å². The summed E-state index contributed by atoms with van der Waals surface area (Å²) in [4.78, 5) is 1.20. The van der Waals surface area contributed by atoms with Crippen LogP contribution in [0.2, 0.25) is 0 Å². The van der Waals surface area contributed by atoms with Gasteiger partial charge in [-0.05, 0) is 29.8 Å². The monoisotopic (exact) mass is 247 g/mol. The Kier molecular flexibility index (Phi) is 4.18. The molecule has 2 aromatic carbocycles. The van der Waals surface area contributed by atoms with Crippen molar-refractivity contribution in [3.63, 3.8) is 0 Å². The average molecular weight is 247 g/mol. The SMILES string of the molecule is NC(CSc1ccccc1)c1ccc(F)cc1. The largest absolute Gasteiger partial charge is 0.323 e. The summed E-state index contributed by atoms with van der Waals surface area (Å²) in [6, 6.07) is 16.4. The van der Waals surface area contributed by atoms with Gasteiger partial charge in [0.15, 0.2) is 0 Å². The molecule has 0 bridgehead atoms. The quantitative estimate of drug-likeness (QED) is 0.835. The van der Waals surface area contributed by atoms with E-state index in [4.69, 9.17) is 5.73 Å². The van der Waals surface area contributed by atoms with Crippen molar-refractivity contribution in [2.45, 2.75) is 10.9 Å². The van der Waals surface area contributed by atoms with Crippen LogP contribution in [0.25, 0.3) is 0 Å². The van der Waals surface area contributed by atoms with Crippen LogP contribution in [0.5, 0.6) is 0 Å². The molecule has 0 aromatic heterocycles. The van der Waals surface area contributed by atoms with Crippen LogP contribution in [-0.4, -0.2) is 5.75 Å². The molecule has 0 radical (unpaired) electrons. The standard InChI is InChI=1S/C14H14FNS/c15-12-8-6-11(7-9-12)14(16)10-17-13-4-2-1-3-5-13/h1-9,14H,10,16H2. The van der Waals surface area contributed by atoms with E-state index in [0.29, 0.717) is 0 Å². The maximum Gasteiger partial charge on any atom is 0.123 e. The molecule has 0 aliphatic carbocycles. The Labute approximate surface area is 105 Å². The molecular formula is C14H14FNS. The molecule has 0 aliphatic rings. The van der Waals surface area contributed by atoms with Crippen LogP contribution in [0.3, 0.4) is 0 Å². The van der Waals surface area contributed by atoms with E-state index >= 15 is 0 Å². The highest BCUT2D eigenvalue weighted by Gasteiger charge is 2.06. The molecular weight excluding hydrogens is 233 g/mol. The molecule has 2 N–H and O–H groups in total. The van der Waals surface area contributed by atoms with Crippen LogP contribution >= 0.6 is 11.8 Å². The fourth-order valence-electron chi connectivity index (χ4n) is 1.51. The Morgan fingerprint density at radius 2 is 1.65 bits per heavy atom. The van der Waals surface area contributed by atoms with Crippen molar-refractivity contribution in [1.82, 2.24) is 0 Å². The smallest absolute Gasteiger partial charge is 0.123 e. The summed E-state index contributed by atoms with van der Waals surface area (Å²) >= 11 is 1.71. The topological polar surface area (TPSA) is 26.0 Å². The molecule has 2 aromatic rings. The number of benzene rings is 2. The van der Waals surface area contributed by atoms with Gasteiger partial charge in [0.05, 0.1) is 0 Å². The fraction of sp³-hybridized carbons (Fsp3) is 0.143. The van der Waals surface area contributed by atoms with E-state index in [9.17, 15) is 4.39 Å². The summed E-state index contributed by atoms with van der Waals surface area (Å²) in [6.45, 7) is 0. The third-order valence-corrected chi connectivity index (χ3v) is 3.60. The molecule has 1 unspecified atom stereocenters. The van der Waals surface area contributed by atoms with Gasteiger partial charge >= 0.3 is 0 Å². The van der Waals surface area contributed by atoms with Gasteiger partial charge in [0.2, 0.25) is 0 Å². The van der Waals surface area contributed by atoms with Gasteiger partial charge in [-0.15, -0.1) is 11.8 Å². The van der Waals surface area contributed by atoms with Crippen LogP contribution in [0.1, 0.15) is 11.6 Å². The lowest BCUT2D eigenvalue weighted by molar-refractivity contribution is 0.626. The van der Waals surface area contributed by atoms with Crippen molar-refractivity contribution in [2.75, 3.05) is 5.75 Å². The molecule has 0 saturated heterocycles. The van der Waals surface area contributed by atoms with Crippen LogP contribution in [0.4, 0.5) is 4.39 Å². The first-order valence-electron chi connectivity index (χ1n) is 5.44. The van der Waals surface area contributed by atoms with E-state index in [1.807, 2.05) is 18.2 Å². The predicted molar refractivity (Wildman–Crippen MR) is 70.5 cm³/mol. The van der Waals surface area contributed by atoms with E-state index in [1.165, 1.54) is 17.0 Å². The Morgan fingerprint density at radius 3 is 2.29 bits per heavy atom. The first kappa shape index (κ1) is 12.1. The van der Waals surface area contributed by atoms with E-state index in [-0.39, 0.29) is 11.9 Å². The Balaban J connectivity index is 1.93. The van der Waals surface area contributed by atoms with Crippen LogP contribution in [0.15, 0.2) is 59.5 Å². The van der Waals surface area contributed by atoms with Crippen molar-refractivity contribution in [3.8, 4) is 0 Å². The molecule has 1 nitrogen and oxygen atoms in total. The second-order valence-corrected chi connectivity index (χ2v) is 4.88. The van der Waals surface area contributed by atoms with Gasteiger partial charge in [0.25, 0.3) is 0 Å². The highest BCUT2D eigenvalue weighted by Crippen LogP contribution is 2.23. The lowest BCUT2D eigenvalue weighted by Crippen LogP contribution is -2.12. The number of halogens is 1. The van der Waals surface area contributed by atoms with Crippen LogP contribution in [0, 0.1) is 5.82 Å². The minimum Gasteiger partial charge on any atom is -0.323 e. The minimum atomic E-state index is -0.225. The molecule has 0 heterocycles. The van der Waals surface area contributed by atoms with Crippen molar-refractivity contribution >= 4 is 11.8 Å². The van der Waals surface area contributed by atoms with E-state index in [2.05, 4.69) is 12.1 Å². The Bertz CT molecular complexity index is 455. The maximum absolute atomic E-state index is 12.8. The molecule has 0 aliphatic heterocycles. The normalized spacial score (nSPS) is 12.4. The molecule has 3 heteroatoms. The number of hydrogen-bond donors (Lipinski definition) is 1. The second kappa shape index (κ2) is 5.84. The molecule has 0 spiro atoms. The summed E-state index contributed by atoms with van der Waals surface area (Å²) in [5.41, 5.74) is 7.02. The highest BCUT2D eigenvalue weighted by molar-refractivity contribution is 7.99. The molecule has 88 valence electrons. The first-order valence-corrected chi connectivity index (χ1v) is 6.43. The number of hydrogen-bond acceptors (Lipinski definition) is 2. The summed E-state index contributed by atoms with van der Waals surface area (Å²) in [7, 11) is 0. The van der Waals surface area contributed by atoms with Crippen LogP contribution < -0.4 is 5.73 Å². The predicted octanol–water partition coefficient (Wildman–Crippen LogP) is 3.62. The molecule has 2 rings (SSSR count). The van der Waals surface area contributed by atoms with Gasteiger partial charge in [-0.1, -0.05) is 30.3 Å². The van der Waals surface area contributed by atoms with E-state index in [1.54, 1.807) is 23.9 Å². The van der Waals surface area contributed by atoms with E-state index in [0.717, 1.165) is 11.3 Å². The van der Waals surface area contributed by atoms with Gasteiger partial charge in [-0.2, -0.15) is 0 Å². The second-order valence-electron chi connectivity index (χ2n) is 3.78. The number of thioether (sulfide) groups is 1. The van der Waals surface area contributed by atoms with Crippen molar-refractivity contribution in [3.05, 3.63) is 66.0 Å². The fourth-order valence-corrected chi connectivity index (χ4v) is 2.42. The molecule has 1 atom stereocenters. The van der Waals surface area contributed by atoms with E-state index < -0.39 is 0 Å². The lowest BCUT2D eigenvalue weighted by atomic mass is 10.1. The molecule has 0 fully saturated rings. The summed E-state index contributed by atoms with van der Waals surface area (Å²) in [5.74, 6) is 0.562. The maximum atomic E-state index is 12.8. The minimum absolute atomic E-state index is 0.0687. The Morgan fingerprint density at radius 1 is 1.00 bits per heavy atom. The van der Waals surface area contributed by atoms with Gasteiger partial charge in [-0.3, -0.25) is 0 Å². The van der Waals surface area contributed by atoms with Crippen LogP contribution in [-0.2, 0) is 0 Å². The van der Waals surface area contributed by atoms with Gasteiger partial charge < -0.3 is 5.73 Å². The zero-order valence-electron chi connectivity index (χ0n) is 9.34. The summed E-state index contributed by atoms with van der Waals surface area (Å²) < 4.78 is 12.8. The van der Waals surface area contributed by atoms with Gasteiger partial charge in [0.1, 0.15) is 5.82 Å². The number of nitrogens with two attached hydrogens (primary N) is 1. The highest BCUT2D eigenvalue weighted by atomic mass is 32.2. The average Bonchev–Trinajstić information content (AvgIpc) is 2.38. The van der Waals surface area contributed by atoms with Crippen molar-refractivity contribution in [1.29, 1.82) is 0 Å². The number of rotatable bonds is 4. The summed E-state index contributed by atoms with van der Waals surface area (Å²) in [5, 5.41) is 0. The third-order valence-electron chi connectivity index (χ3n) is 2.47. The third kappa shape index (κ3) is 3.58. The molecule has 0 saturated carbocycles. The van der Waals surface area contributed by atoms with Crippen molar-refractivity contribution in [2.24, 2.45) is 5.73 Å². The summed E-state index contributed by atoms with van der Waals surface area (Å²) in [6.07, 6.45) is 0. The van der Waals surface area contributed by atoms with Gasteiger partial charge in [-0.25, -0.2) is 4.39 Å². The zero-order chi connectivity index (χ0) is 12.1.